The maximum absolute atomic E-state index is 6.04. The van der Waals surface area contributed by atoms with Crippen LogP contribution in [0.4, 0.5) is 0 Å². The van der Waals surface area contributed by atoms with Crippen molar-refractivity contribution in [2.75, 3.05) is 7.05 Å². The van der Waals surface area contributed by atoms with E-state index in [1.807, 2.05) is 50.1 Å². The molecule has 0 spiro atoms. The molecular formula is C13H16ClN3. The van der Waals surface area contributed by atoms with Gasteiger partial charge < -0.3 is 5.32 Å². The average molecular weight is 250 g/mol. The lowest BCUT2D eigenvalue weighted by Crippen LogP contribution is -2.18. The highest BCUT2D eigenvalue weighted by Crippen LogP contribution is 2.24. The van der Waals surface area contributed by atoms with Crippen molar-refractivity contribution in [3.05, 3.63) is 52.3 Å². The highest BCUT2D eigenvalue weighted by molar-refractivity contribution is 6.31. The number of aromatic nitrogens is 2. The van der Waals surface area contributed by atoms with Crippen LogP contribution in [0, 0.1) is 6.92 Å². The number of aryl methyl sites for hydroxylation is 2. The van der Waals surface area contributed by atoms with Gasteiger partial charge >= 0.3 is 0 Å². The molecule has 1 aromatic heterocycles. The summed E-state index contributed by atoms with van der Waals surface area (Å²) < 4.78 is 1.81. The normalized spacial score (nSPS) is 12.7. The molecule has 0 aliphatic carbocycles. The molecule has 0 radical (unpaired) electrons. The number of nitrogens with zero attached hydrogens (tertiary/aromatic N) is 2. The van der Waals surface area contributed by atoms with Gasteiger partial charge in [0.05, 0.1) is 11.7 Å². The minimum absolute atomic E-state index is 0.104. The Balaban J connectivity index is 2.38. The van der Waals surface area contributed by atoms with E-state index in [-0.39, 0.29) is 6.04 Å². The molecule has 1 unspecified atom stereocenters. The molecule has 1 atom stereocenters. The predicted molar refractivity (Wildman–Crippen MR) is 70.3 cm³/mol. The Kier molecular flexibility index (Phi) is 3.50. The molecule has 17 heavy (non-hydrogen) atoms. The third-order valence-corrected chi connectivity index (χ3v) is 3.26. The smallest absolute Gasteiger partial charge is 0.0839 e. The van der Waals surface area contributed by atoms with E-state index in [1.165, 1.54) is 5.56 Å². The summed E-state index contributed by atoms with van der Waals surface area (Å²) >= 11 is 6.04. The number of rotatable bonds is 3. The first-order valence-electron chi connectivity index (χ1n) is 5.54. The Bertz CT molecular complexity index is 519. The lowest BCUT2D eigenvalue weighted by atomic mass is 10.0. The van der Waals surface area contributed by atoms with E-state index < -0.39 is 0 Å². The van der Waals surface area contributed by atoms with E-state index in [4.69, 9.17) is 11.6 Å². The molecule has 0 amide bonds. The number of benzene rings is 1. The fourth-order valence-corrected chi connectivity index (χ4v) is 2.04. The molecule has 2 aromatic rings. The molecular weight excluding hydrogens is 234 g/mol. The SMILES string of the molecule is CNC(c1ccc(Cl)c(C)c1)c1ccn(C)n1. The minimum atomic E-state index is 0.104. The zero-order valence-electron chi connectivity index (χ0n) is 10.2. The van der Waals surface area contributed by atoms with Crippen LogP contribution in [0.25, 0.3) is 0 Å². The van der Waals surface area contributed by atoms with E-state index in [2.05, 4.69) is 16.5 Å². The van der Waals surface area contributed by atoms with Crippen molar-refractivity contribution in [2.24, 2.45) is 7.05 Å². The van der Waals surface area contributed by atoms with Crippen molar-refractivity contribution in [2.45, 2.75) is 13.0 Å². The summed E-state index contributed by atoms with van der Waals surface area (Å²) in [5.74, 6) is 0. The first-order valence-corrected chi connectivity index (χ1v) is 5.92. The monoisotopic (exact) mass is 249 g/mol. The van der Waals surface area contributed by atoms with Gasteiger partial charge in [-0.3, -0.25) is 4.68 Å². The van der Waals surface area contributed by atoms with Crippen LogP contribution in [0.3, 0.4) is 0 Å². The van der Waals surface area contributed by atoms with Crippen molar-refractivity contribution in [3.8, 4) is 0 Å². The van der Waals surface area contributed by atoms with E-state index >= 15 is 0 Å². The van der Waals surface area contributed by atoms with Gasteiger partial charge in [0, 0.05) is 18.3 Å². The second-order valence-electron chi connectivity index (χ2n) is 4.14. The molecule has 0 bridgehead atoms. The van der Waals surface area contributed by atoms with Crippen molar-refractivity contribution in [1.29, 1.82) is 0 Å². The quantitative estimate of drug-likeness (QED) is 0.907. The number of hydrogen-bond acceptors (Lipinski definition) is 2. The summed E-state index contributed by atoms with van der Waals surface area (Å²) in [6.45, 7) is 2.01. The summed E-state index contributed by atoms with van der Waals surface area (Å²) in [5.41, 5.74) is 3.27. The van der Waals surface area contributed by atoms with Crippen LogP contribution in [0.5, 0.6) is 0 Å². The summed E-state index contributed by atoms with van der Waals surface area (Å²) in [7, 11) is 3.85. The van der Waals surface area contributed by atoms with E-state index in [0.717, 1.165) is 16.3 Å². The zero-order valence-corrected chi connectivity index (χ0v) is 11.0. The molecule has 0 saturated heterocycles. The molecule has 1 heterocycles. The second kappa shape index (κ2) is 4.90. The molecule has 0 saturated carbocycles. The molecule has 0 fully saturated rings. The molecule has 3 nitrogen and oxygen atoms in total. The third kappa shape index (κ3) is 2.51. The number of halogens is 1. The lowest BCUT2D eigenvalue weighted by Gasteiger charge is -2.15. The van der Waals surface area contributed by atoms with Gasteiger partial charge in [0.1, 0.15) is 0 Å². The van der Waals surface area contributed by atoms with Crippen LogP contribution in [-0.4, -0.2) is 16.8 Å². The fraction of sp³-hybridized carbons (Fsp3) is 0.308. The van der Waals surface area contributed by atoms with Crippen molar-refractivity contribution >= 4 is 11.6 Å². The van der Waals surface area contributed by atoms with Crippen LogP contribution in [0.15, 0.2) is 30.5 Å². The van der Waals surface area contributed by atoms with Crippen LogP contribution in [0.1, 0.15) is 22.9 Å². The number of nitrogens with one attached hydrogen (secondary N) is 1. The predicted octanol–water partition coefficient (Wildman–Crippen LogP) is 2.69. The van der Waals surface area contributed by atoms with Crippen molar-refractivity contribution < 1.29 is 0 Å². The standard InChI is InChI=1S/C13H16ClN3/c1-9-8-10(4-5-11(9)14)13(15-2)12-6-7-17(3)16-12/h4-8,13,15H,1-3H3. The second-order valence-corrected chi connectivity index (χ2v) is 4.55. The molecule has 1 N–H and O–H groups in total. The summed E-state index contributed by atoms with van der Waals surface area (Å²) in [5, 5.41) is 8.50. The van der Waals surface area contributed by atoms with Gasteiger partial charge in [-0.15, -0.1) is 0 Å². The Labute approximate surface area is 106 Å². The molecule has 2 rings (SSSR count). The molecule has 4 heteroatoms. The fourth-order valence-electron chi connectivity index (χ4n) is 1.92. The third-order valence-electron chi connectivity index (χ3n) is 2.83. The lowest BCUT2D eigenvalue weighted by molar-refractivity contribution is 0.642. The summed E-state index contributed by atoms with van der Waals surface area (Å²) in [6, 6.07) is 8.18. The summed E-state index contributed by atoms with van der Waals surface area (Å²) in [6.07, 6.45) is 1.95. The van der Waals surface area contributed by atoms with E-state index in [9.17, 15) is 0 Å². The highest BCUT2D eigenvalue weighted by Gasteiger charge is 2.15. The van der Waals surface area contributed by atoms with Gasteiger partial charge in [0.25, 0.3) is 0 Å². The van der Waals surface area contributed by atoms with Gasteiger partial charge in [-0.2, -0.15) is 5.10 Å². The van der Waals surface area contributed by atoms with E-state index in [1.54, 1.807) is 0 Å². The van der Waals surface area contributed by atoms with Crippen molar-refractivity contribution in [1.82, 2.24) is 15.1 Å². The molecule has 0 aliphatic heterocycles. The van der Waals surface area contributed by atoms with Crippen LogP contribution in [-0.2, 0) is 7.05 Å². The highest BCUT2D eigenvalue weighted by atomic mass is 35.5. The average Bonchev–Trinajstić information content (AvgIpc) is 2.71. The Morgan fingerprint density at radius 1 is 1.35 bits per heavy atom. The Morgan fingerprint density at radius 3 is 2.65 bits per heavy atom. The van der Waals surface area contributed by atoms with Crippen molar-refractivity contribution in [3.63, 3.8) is 0 Å². The van der Waals surface area contributed by atoms with Crippen LogP contribution >= 0.6 is 11.6 Å². The molecule has 90 valence electrons. The van der Waals surface area contributed by atoms with Gasteiger partial charge in [-0.25, -0.2) is 0 Å². The minimum Gasteiger partial charge on any atom is -0.308 e. The molecule has 1 aromatic carbocycles. The first kappa shape index (κ1) is 12.1. The van der Waals surface area contributed by atoms with Crippen LogP contribution < -0.4 is 5.32 Å². The largest absolute Gasteiger partial charge is 0.308 e. The summed E-state index contributed by atoms with van der Waals surface area (Å²) in [4.78, 5) is 0. The first-order chi connectivity index (χ1) is 8.11. The topological polar surface area (TPSA) is 29.9 Å². The van der Waals surface area contributed by atoms with Gasteiger partial charge in [0.2, 0.25) is 0 Å². The van der Waals surface area contributed by atoms with Gasteiger partial charge in [-0.1, -0.05) is 23.7 Å². The Hall–Kier alpha value is -1.32. The number of hydrogen-bond donors (Lipinski definition) is 1. The van der Waals surface area contributed by atoms with Crippen LogP contribution in [0.2, 0.25) is 5.02 Å². The Morgan fingerprint density at radius 2 is 2.12 bits per heavy atom. The maximum Gasteiger partial charge on any atom is 0.0839 e. The van der Waals surface area contributed by atoms with Gasteiger partial charge in [0.15, 0.2) is 0 Å². The van der Waals surface area contributed by atoms with E-state index in [0.29, 0.717) is 0 Å². The zero-order chi connectivity index (χ0) is 12.4. The van der Waals surface area contributed by atoms with Gasteiger partial charge in [-0.05, 0) is 37.2 Å². The molecule has 0 aliphatic rings. The maximum atomic E-state index is 6.04.